The topological polar surface area (TPSA) is 69.7 Å². The van der Waals surface area contributed by atoms with Crippen molar-refractivity contribution in [1.29, 1.82) is 0 Å². The van der Waals surface area contributed by atoms with E-state index in [4.69, 9.17) is 14.2 Å². The van der Waals surface area contributed by atoms with Gasteiger partial charge in [0.05, 0.1) is 14.2 Å². The van der Waals surface area contributed by atoms with E-state index in [0.29, 0.717) is 28.6 Å². The second kappa shape index (κ2) is 7.60. The molecule has 1 amide bonds. The average molecular weight is 376 g/mol. The molecule has 1 atom stereocenters. The predicted octanol–water partition coefficient (Wildman–Crippen LogP) is 4.03. The molecule has 3 aromatic rings. The molecule has 0 aliphatic carbocycles. The Morgan fingerprint density at radius 1 is 1.07 bits per heavy atom. The summed E-state index contributed by atoms with van der Waals surface area (Å²) in [5.74, 6) is 1.56. The molecule has 0 spiro atoms. The summed E-state index contributed by atoms with van der Waals surface area (Å²) in [6, 6.07) is 16.7. The Balaban J connectivity index is 1.44. The zero-order chi connectivity index (χ0) is 19.5. The van der Waals surface area contributed by atoms with Gasteiger partial charge in [-0.25, -0.2) is 4.98 Å². The van der Waals surface area contributed by atoms with Crippen LogP contribution in [0.2, 0.25) is 0 Å². The second-order valence-electron chi connectivity index (χ2n) is 6.42. The first-order valence-corrected chi connectivity index (χ1v) is 8.92. The smallest absolute Gasteiger partial charge is 0.255 e. The molecule has 1 aromatic heterocycles. The van der Waals surface area contributed by atoms with Crippen molar-refractivity contribution in [2.45, 2.75) is 12.5 Å². The maximum absolute atomic E-state index is 12.5. The highest BCUT2D eigenvalue weighted by molar-refractivity contribution is 6.04. The van der Waals surface area contributed by atoms with E-state index in [1.165, 1.54) is 7.11 Å². The molecule has 0 radical (unpaired) electrons. The normalized spacial score (nSPS) is 14.7. The maximum Gasteiger partial charge on any atom is 0.255 e. The van der Waals surface area contributed by atoms with Gasteiger partial charge in [0.15, 0.2) is 11.5 Å². The Labute approximate surface area is 163 Å². The third kappa shape index (κ3) is 3.49. The number of carbonyl (C=O) groups is 1. The van der Waals surface area contributed by atoms with Crippen LogP contribution in [-0.4, -0.2) is 25.1 Å². The number of aromatic nitrogens is 1. The molecule has 142 valence electrons. The number of fused-ring (bicyclic) bond motifs is 1. The van der Waals surface area contributed by atoms with Gasteiger partial charge in [0.2, 0.25) is 5.88 Å². The summed E-state index contributed by atoms with van der Waals surface area (Å²) < 4.78 is 16.4. The van der Waals surface area contributed by atoms with Crippen LogP contribution in [0.1, 0.15) is 27.6 Å². The van der Waals surface area contributed by atoms with Crippen LogP contribution in [0.5, 0.6) is 17.4 Å². The minimum absolute atomic E-state index is 0.0551. The molecule has 0 fully saturated rings. The van der Waals surface area contributed by atoms with E-state index in [9.17, 15) is 4.79 Å². The number of hydrogen-bond acceptors (Lipinski definition) is 5. The first-order valence-electron chi connectivity index (χ1n) is 8.92. The average Bonchev–Trinajstić information content (AvgIpc) is 3.18. The summed E-state index contributed by atoms with van der Waals surface area (Å²) in [5.41, 5.74) is 3.35. The van der Waals surface area contributed by atoms with E-state index in [2.05, 4.69) is 10.3 Å². The van der Waals surface area contributed by atoms with E-state index in [-0.39, 0.29) is 12.0 Å². The highest BCUT2D eigenvalue weighted by Crippen LogP contribution is 2.35. The molecule has 1 aliphatic heterocycles. The largest absolute Gasteiger partial charge is 0.493 e. The summed E-state index contributed by atoms with van der Waals surface area (Å²) in [6.45, 7) is 0. The lowest BCUT2D eigenvalue weighted by Crippen LogP contribution is -2.12. The first-order chi connectivity index (χ1) is 13.7. The highest BCUT2D eigenvalue weighted by atomic mass is 16.5. The molecule has 1 aliphatic rings. The second-order valence-corrected chi connectivity index (χ2v) is 6.42. The van der Waals surface area contributed by atoms with Crippen LogP contribution in [0.25, 0.3) is 0 Å². The third-order valence-electron chi connectivity index (χ3n) is 4.70. The highest BCUT2D eigenvalue weighted by Gasteiger charge is 2.25. The Morgan fingerprint density at radius 2 is 1.86 bits per heavy atom. The van der Waals surface area contributed by atoms with E-state index in [1.807, 2.05) is 36.4 Å². The number of nitrogens with zero attached hydrogens (tertiary/aromatic N) is 1. The minimum Gasteiger partial charge on any atom is -0.493 e. The van der Waals surface area contributed by atoms with Gasteiger partial charge in [-0.05, 0) is 42.0 Å². The third-order valence-corrected chi connectivity index (χ3v) is 4.70. The summed E-state index contributed by atoms with van der Waals surface area (Å²) in [4.78, 5) is 16.8. The van der Waals surface area contributed by atoms with Gasteiger partial charge in [-0.1, -0.05) is 18.2 Å². The lowest BCUT2D eigenvalue weighted by molar-refractivity contribution is 0.102. The van der Waals surface area contributed by atoms with Crippen molar-refractivity contribution in [2.75, 3.05) is 19.5 Å². The molecule has 6 nitrogen and oxygen atoms in total. The number of pyridine rings is 1. The number of anilines is 1. The van der Waals surface area contributed by atoms with Gasteiger partial charge >= 0.3 is 0 Å². The summed E-state index contributed by atoms with van der Waals surface area (Å²) in [6.07, 6.45) is 2.47. The number of amides is 1. The number of methoxy groups -OCH3 is 2. The zero-order valence-electron chi connectivity index (χ0n) is 15.6. The molecule has 1 N–H and O–H groups in total. The molecule has 2 aromatic carbocycles. The van der Waals surface area contributed by atoms with E-state index >= 15 is 0 Å². The predicted molar refractivity (Wildman–Crippen MR) is 105 cm³/mol. The number of rotatable bonds is 5. The van der Waals surface area contributed by atoms with Crippen molar-refractivity contribution in [3.8, 4) is 17.4 Å². The lowest BCUT2D eigenvalue weighted by Gasteiger charge is -2.12. The van der Waals surface area contributed by atoms with Crippen molar-refractivity contribution < 1.29 is 19.0 Å². The fourth-order valence-corrected chi connectivity index (χ4v) is 3.21. The molecular weight excluding hydrogens is 356 g/mol. The molecule has 6 heteroatoms. The summed E-state index contributed by atoms with van der Waals surface area (Å²) in [5, 5.41) is 2.89. The van der Waals surface area contributed by atoms with Crippen LogP contribution < -0.4 is 19.5 Å². The van der Waals surface area contributed by atoms with Gasteiger partial charge in [0, 0.05) is 29.4 Å². The van der Waals surface area contributed by atoms with Crippen molar-refractivity contribution in [3.05, 3.63) is 77.5 Å². The van der Waals surface area contributed by atoms with Gasteiger partial charge < -0.3 is 19.5 Å². The van der Waals surface area contributed by atoms with Crippen molar-refractivity contribution >= 4 is 11.6 Å². The Hall–Kier alpha value is -3.54. The van der Waals surface area contributed by atoms with Gasteiger partial charge in [-0.3, -0.25) is 4.79 Å². The molecule has 0 bridgehead atoms. The van der Waals surface area contributed by atoms with Crippen LogP contribution in [0, 0.1) is 0 Å². The van der Waals surface area contributed by atoms with Gasteiger partial charge in [0.1, 0.15) is 6.10 Å². The van der Waals surface area contributed by atoms with Crippen LogP contribution in [0.4, 0.5) is 5.69 Å². The molecule has 1 unspecified atom stereocenters. The molecule has 2 heterocycles. The lowest BCUT2D eigenvalue weighted by atomic mass is 10.0. The maximum atomic E-state index is 12.5. The molecule has 28 heavy (non-hydrogen) atoms. The van der Waals surface area contributed by atoms with E-state index in [1.54, 1.807) is 31.5 Å². The number of hydrogen-bond donors (Lipinski definition) is 1. The SMILES string of the molecule is COc1ccc(C(=O)Nc2ccc(C3Cc4cccnc4O3)cc2)cc1OC. The Bertz CT molecular complexity index is 977. The van der Waals surface area contributed by atoms with Gasteiger partial charge in [-0.15, -0.1) is 0 Å². The van der Waals surface area contributed by atoms with Gasteiger partial charge in [-0.2, -0.15) is 0 Å². The van der Waals surface area contributed by atoms with Crippen LogP contribution >= 0.6 is 0 Å². The Kier molecular flexibility index (Phi) is 4.85. The van der Waals surface area contributed by atoms with Crippen molar-refractivity contribution in [2.24, 2.45) is 0 Å². The zero-order valence-corrected chi connectivity index (χ0v) is 15.6. The van der Waals surface area contributed by atoms with Crippen LogP contribution in [-0.2, 0) is 6.42 Å². The van der Waals surface area contributed by atoms with E-state index in [0.717, 1.165) is 17.5 Å². The molecule has 0 saturated heterocycles. The molecule has 0 saturated carbocycles. The minimum atomic E-state index is -0.220. The van der Waals surface area contributed by atoms with Gasteiger partial charge in [0.25, 0.3) is 5.91 Å². The first kappa shape index (κ1) is 17.9. The van der Waals surface area contributed by atoms with Crippen molar-refractivity contribution in [3.63, 3.8) is 0 Å². The quantitative estimate of drug-likeness (QED) is 0.728. The number of carbonyl (C=O) groups excluding carboxylic acids is 1. The summed E-state index contributed by atoms with van der Waals surface area (Å²) >= 11 is 0. The number of benzene rings is 2. The molecular formula is C22H20N2O4. The fourth-order valence-electron chi connectivity index (χ4n) is 3.21. The molecule has 4 rings (SSSR count). The van der Waals surface area contributed by atoms with Crippen LogP contribution in [0.15, 0.2) is 60.8 Å². The number of nitrogens with one attached hydrogen (secondary N) is 1. The van der Waals surface area contributed by atoms with E-state index < -0.39 is 0 Å². The number of ether oxygens (including phenoxy) is 3. The van der Waals surface area contributed by atoms with Crippen molar-refractivity contribution in [1.82, 2.24) is 4.98 Å². The van der Waals surface area contributed by atoms with Crippen LogP contribution in [0.3, 0.4) is 0 Å². The standard InChI is InChI=1S/C22H20N2O4/c1-26-18-10-7-15(12-20(18)27-2)21(25)24-17-8-5-14(6-9-17)19-13-16-4-3-11-23-22(16)28-19/h3-12,19H,13H2,1-2H3,(H,24,25). The summed E-state index contributed by atoms with van der Waals surface area (Å²) in [7, 11) is 3.10. The monoisotopic (exact) mass is 376 g/mol. The Morgan fingerprint density at radius 3 is 2.57 bits per heavy atom. The fraction of sp³-hybridized carbons (Fsp3) is 0.182.